The van der Waals surface area contributed by atoms with Gasteiger partial charge in [-0.05, 0) is 11.5 Å². The zero-order valence-corrected chi connectivity index (χ0v) is 6.90. The molecule has 0 aromatic carbocycles. The van der Waals surface area contributed by atoms with Gasteiger partial charge >= 0.3 is 0 Å². The minimum Gasteiger partial charge on any atom is -0.283 e. The zero-order valence-electron chi connectivity index (χ0n) is 6.01. The quantitative estimate of drug-likeness (QED) is 0.440. The lowest BCUT2D eigenvalue weighted by Crippen LogP contribution is -1.99. The van der Waals surface area contributed by atoms with Crippen LogP contribution in [0.3, 0.4) is 0 Å². The number of carbonyl (C=O) groups excluding carboxylic acids is 1. The molecule has 0 heterocycles. The normalized spacial score (nSPS) is 12.4. The molecular formula is C7H12OS. The first-order chi connectivity index (χ1) is 3.92. The second kappa shape index (κ2) is 3.06. The molecule has 0 bridgehead atoms. The molecule has 0 saturated heterocycles. The molecule has 0 aromatic heterocycles. The van der Waals surface area contributed by atoms with Crippen molar-refractivity contribution in [3.05, 3.63) is 12.2 Å². The summed E-state index contributed by atoms with van der Waals surface area (Å²) in [6.45, 7) is 6.08. The van der Waals surface area contributed by atoms with Crippen LogP contribution in [-0.4, -0.2) is 5.12 Å². The van der Waals surface area contributed by atoms with Crippen LogP contribution in [0.4, 0.5) is 0 Å². The Morgan fingerprint density at radius 2 is 1.89 bits per heavy atom. The summed E-state index contributed by atoms with van der Waals surface area (Å²) < 4.78 is 0. The van der Waals surface area contributed by atoms with Crippen molar-refractivity contribution >= 4 is 17.7 Å². The van der Waals surface area contributed by atoms with Gasteiger partial charge in [0.05, 0.1) is 0 Å². The van der Waals surface area contributed by atoms with E-state index in [0.29, 0.717) is 0 Å². The van der Waals surface area contributed by atoms with Crippen molar-refractivity contribution in [2.24, 2.45) is 5.41 Å². The highest BCUT2D eigenvalue weighted by atomic mass is 32.1. The second-order valence-electron chi connectivity index (χ2n) is 3.04. The molecule has 0 aliphatic carbocycles. The molecular weight excluding hydrogens is 132 g/mol. The Morgan fingerprint density at radius 1 is 1.44 bits per heavy atom. The van der Waals surface area contributed by atoms with Crippen LogP contribution in [-0.2, 0) is 4.79 Å². The Hall–Kier alpha value is -0.240. The van der Waals surface area contributed by atoms with Gasteiger partial charge in [0.1, 0.15) is 0 Å². The van der Waals surface area contributed by atoms with Crippen LogP contribution in [0.25, 0.3) is 0 Å². The van der Waals surface area contributed by atoms with Gasteiger partial charge < -0.3 is 0 Å². The molecule has 0 aliphatic heterocycles. The van der Waals surface area contributed by atoms with Crippen molar-refractivity contribution in [3.63, 3.8) is 0 Å². The van der Waals surface area contributed by atoms with Gasteiger partial charge in [0.25, 0.3) is 0 Å². The van der Waals surface area contributed by atoms with Crippen LogP contribution >= 0.6 is 12.6 Å². The minimum absolute atomic E-state index is 0.0817. The number of rotatable bonds is 1. The smallest absolute Gasteiger partial charge is 0.208 e. The Balaban J connectivity index is 3.86. The fourth-order valence-electron chi connectivity index (χ4n) is 0.321. The van der Waals surface area contributed by atoms with Crippen molar-refractivity contribution < 1.29 is 4.79 Å². The number of hydrogen-bond acceptors (Lipinski definition) is 1. The van der Waals surface area contributed by atoms with E-state index < -0.39 is 0 Å². The van der Waals surface area contributed by atoms with Gasteiger partial charge in [-0.2, -0.15) is 0 Å². The van der Waals surface area contributed by atoms with E-state index >= 15 is 0 Å². The van der Waals surface area contributed by atoms with Crippen LogP contribution in [0.1, 0.15) is 20.8 Å². The molecule has 0 aromatic rings. The molecule has 0 aliphatic rings. The fraction of sp³-hybridized carbons (Fsp3) is 0.571. The zero-order chi connectivity index (χ0) is 7.49. The molecule has 0 atom stereocenters. The van der Waals surface area contributed by atoms with E-state index in [0.717, 1.165) is 0 Å². The first-order valence-corrected chi connectivity index (χ1v) is 3.29. The lowest BCUT2D eigenvalue weighted by Gasteiger charge is -2.09. The summed E-state index contributed by atoms with van der Waals surface area (Å²) in [4.78, 5) is 10.3. The maximum absolute atomic E-state index is 10.3. The van der Waals surface area contributed by atoms with E-state index in [1.807, 2.05) is 26.8 Å². The van der Waals surface area contributed by atoms with Crippen molar-refractivity contribution in [2.45, 2.75) is 20.8 Å². The molecule has 0 radical (unpaired) electrons. The van der Waals surface area contributed by atoms with Gasteiger partial charge in [-0.1, -0.05) is 26.8 Å². The summed E-state index contributed by atoms with van der Waals surface area (Å²) in [7, 11) is 0. The maximum atomic E-state index is 10.3. The molecule has 0 saturated carbocycles. The van der Waals surface area contributed by atoms with Crippen molar-refractivity contribution in [1.82, 2.24) is 0 Å². The van der Waals surface area contributed by atoms with Gasteiger partial charge in [-0.15, -0.1) is 12.6 Å². The van der Waals surface area contributed by atoms with E-state index in [-0.39, 0.29) is 10.5 Å². The number of hydrogen-bond donors (Lipinski definition) is 1. The van der Waals surface area contributed by atoms with Gasteiger partial charge in [-0.25, -0.2) is 0 Å². The summed E-state index contributed by atoms with van der Waals surface area (Å²) in [5.41, 5.74) is 0.0817. The van der Waals surface area contributed by atoms with Crippen molar-refractivity contribution in [3.8, 4) is 0 Å². The molecule has 0 spiro atoms. The van der Waals surface area contributed by atoms with E-state index in [1.54, 1.807) is 0 Å². The number of allylic oxidation sites excluding steroid dienone is 1. The van der Waals surface area contributed by atoms with Crippen LogP contribution in [0.2, 0.25) is 0 Å². The van der Waals surface area contributed by atoms with Gasteiger partial charge in [-0.3, -0.25) is 4.79 Å². The average Bonchev–Trinajstić information content (AvgIpc) is 1.59. The standard InChI is InChI=1S/C7H12OS/c1-7(2,3)5-4-6(8)9/h4-5H,1-3H3,(H,8,9). The first kappa shape index (κ1) is 8.76. The summed E-state index contributed by atoms with van der Waals surface area (Å²) >= 11 is 3.58. The molecule has 1 nitrogen and oxygen atoms in total. The van der Waals surface area contributed by atoms with Crippen LogP contribution in [0.15, 0.2) is 12.2 Å². The lowest BCUT2D eigenvalue weighted by atomic mass is 9.97. The highest BCUT2D eigenvalue weighted by Gasteiger charge is 2.03. The minimum atomic E-state index is -0.190. The SMILES string of the molecule is CC(C)(C)C=CC(=O)S. The predicted octanol–water partition coefficient (Wildman–Crippen LogP) is 2.05. The fourth-order valence-corrected chi connectivity index (χ4v) is 0.396. The molecule has 0 unspecified atom stereocenters. The summed E-state index contributed by atoms with van der Waals surface area (Å²) in [5, 5.41) is -0.190. The van der Waals surface area contributed by atoms with E-state index in [4.69, 9.17) is 0 Å². The summed E-state index contributed by atoms with van der Waals surface area (Å²) in [5.74, 6) is 0. The van der Waals surface area contributed by atoms with Gasteiger partial charge in [0.2, 0.25) is 5.12 Å². The Kier molecular flexibility index (Phi) is 2.98. The Bertz CT molecular complexity index is 130. The van der Waals surface area contributed by atoms with E-state index in [2.05, 4.69) is 12.6 Å². The maximum Gasteiger partial charge on any atom is 0.208 e. The number of carbonyl (C=O) groups is 1. The Labute approximate surface area is 61.6 Å². The number of thiol groups is 1. The largest absolute Gasteiger partial charge is 0.283 e. The monoisotopic (exact) mass is 144 g/mol. The average molecular weight is 144 g/mol. The molecule has 2 heteroatoms. The van der Waals surface area contributed by atoms with Crippen LogP contribution < -0.4 is 0 Å². The molecule has 0 amide bonds. The third kappa shape index (κ3) is 7.76. The van der Waals surface area contributed by atoms with E-state index in [9.17, 15) is 4.79 Å². The second-order valence-corrected chi connectivity index (χ2v) is 3.48. The molecule has 0 N–H and O–H groups in total. The highest BCUT2D eigenvalue weighted by Crippen LogP contribution is 2.14. The molecule has 9 heavy (non-hydrogen) atoms. The van der Waals surface area contributed by atoms with Gasteiger partial charge in [0.15, 0.2) is 0 Å². The first-order valence-electron chi connectivity index (χ1n) is 2.84. The predicted molar refractivity (Wildman–Crippen MR) is 42.6 cm³/mol. The summed E-state index contributed by atoms with van der Waals surface area (Å²) in [6.07, 6.45) is 3.31. The van der Waals surface area contributed by atoms with E-state index in [1.165, 1.54) is 6.08 Å². The lowest BCUT2D eigenvalue weighted by molar-refractivity contribution is -0.106. The third-order valence-corrected chi connectivity index (χ3v) is 0.875. The van der Waals surface area contributed by atoms with Crippen LogP contribution in [0.5, 0.6) is 0 Å². The third-order valence-electron chi connectivity index (χ3n) is 0.726. The molecule has 0 fully saturated rings. The Morgan fingerprint density at radius 3 is 2.00 bits per heavy atom. The van der Waals surface area contributed by atoms with Crippen LogP contribution in [0, 0.1) is 5.41 Å². The molecule has 52 valence electrons. The highest BCUT2D eigenvalue weighted by molar-refractivity contribution is 7.97. The summed E-state index contributed by atoms with van der Waals surface area (Å²) in [6, 6.07) is 0. The molecule has 0 rings (SSSR count). The van der Waals surface area contributed by atoms with Crippen molar-refractivity contribution in [2.75, 3.05) is 0 Å². The van der Waals surface area contributed by atoms with Gasteiger partial charge in [0, 0.05) is 0 Å². The van der Waals surface area contributed by atoms with Crippen molar-refractivity contribution in [1.29, 1.82) is 0 Å². The topological polar surface area (TPSA) is 17.1 Å².